The number of nitrogens with zero attached hydrogens (tertiary/aromatic N) is 2. The van der Waals surface area contributed by atoms with Gasteiger partial charge >= 0.3 is 0 Å². The third-order valence-electron chi connectivity index (χ3n) is 1.84. The molecular formula is C10H7Cl2N2. The molecule has 0 N–H and O–H groups in total. The largest absolute Gasteiger partial charge is 0.268 e. The van der Waals surface area contributed by atoms with Crippen molar-refractivity contribution in [3.63, 3.8) is 0 Å². The average molecular weight is 226 g/mol. The quantitative estimate of drug-likeness (QED) is 0.769. The zero-order chi connectivity index (χ0) is 9.97. The number of hydrogen-bond acceptors (Lipinski definition) is 1. The Hall–Kier alpha value is -0.990. The molecule has 0 atom stereocenters. The molecule has 0 saturated carbocycles. The molecule has 0 saturated heterocycles. The predicted octanol–water partition coefficient (Wildman–Crippen LogP) is 3.04. The van der Waals surface area contributed by atoms with Gasteiger partial charge in [-0.1, -0.05) is 29.3 Å². The maximum Gasteiger partial charge on any atom is 0.113 e. The molecule has 0 aliphatic heterocycles. The summed E-state index contributed by atoms with van der Waals surface area (Å²) < 4.78 is 1.78. The first-order chi connectivity index (χ1) is 6.75. The van der Waals surface area contributed by atoms with E-state index in [1.54, 1.807) is 16.8 Å². The molecule has 1 aromatic heterocycles. The van der Waals surface area contributed by atoms with Crippen molar-refractivity contribution in [3.05, 3.63) is 52.3 Å². The van der Waals surface area contributed by atoms with Crippen molar-refractivity contribution in [2.24, 2.45) is 0 Å². The van der Waals surface area contributed by atoms with Crippen LogP contribution in [0.25, 0.3) is 0 Å². The van der Waals surface area contributed by atoms with Crippen LogP contribution in [0, 0.1) is 6.20 Å². The van der Waals surface area contributed by atoms with Crippen LogP contribution < -0.4 is 0 Å². The second-order valence-corrected chi connectivity index (χ2v) is 3.71. The third kappa shape index (κ3) is 2.08. The van der Waals surface area contributed by atoms with Crippen molar-refractivity contribution in [2.45, 2.75) is 6.54 Å². The molecule has 0 aliphatic carbocycles. The van der Waals surface area contributed by atoms with Gasteiger partial charge in [0.15, 0.2) is 0 Å². The highest BCUT2D eigenvalue weighted by Gasteiger charge is 2.00. The Bertz CT molecular complexity index is 424. The Morgan fingerprint density at radius 3 is 2.79 bits per heavy atom. The first-order valence-corrected chi connectivity index (χ1v) is 4.85. The lowest BCUT2D eigenvalue weighted by Crippen LogP contribution is -1.99. The normalized spacial score (nSPS) is 10.4. The lowest BCUT2D eigenvalue weighted by molar-refractivity contribution is 0.685. The van der Waals surface area contributed by atoms with Crippen LogP contribution in [-0.2, 0) is 6.54 Å². The van der Waals surface area contributed by atoms with Gasteiger partial charge in [-0.15, -0.1) is 0 Å². The van der Waals surface area contributed by atoms with Gasteiger partial charge in [-0.05, 0) is 23.8 Å². The minimum atomic E-state index is 0.570. The van der Waals surface area contributed by atoms with E-state index in [0.717, 1.165) is 5.56 Å². The number of benzene rings is 1. The molecule has 2 nitrogen and oxygen atoms in total. The number of hydrogen-bond donors (Lipinski definition) is 0. The number of halogens is 2. The van der Waals surface area contributed by atoms with E-state index in [-0.39, 0.29) is 0 Å². The first-order valence-electron chi connectivity index (χ1n) is 4.09. The Labute approximate surface area is 92.1 Å². The molecule has 1 aromatic carbocycles. The van der Waals surface area contributed by atoms with Crippen LogP contribution in [0.1, 0.15) is 5.56 Å². The Balaban J connectivity index is 2.22. The molecule has 4 heteroatoms. The Morgan fingerprint density at radius 1 is 1.29 bits per heavy atom. The van der Waals surface area contributed by atoms with Gasteiger partial charge in [-0.2, -0.15) is 5.10 Å². The second kappa shape index (κ2) is 4.03. The molecule has 0 aliphatic rings. The minimum absolute atomic E-state index is 0.570. The van der Waals surface area contributed by atoms with Gasteiger partial charge < -0.3 is 0 Å². The summed E-state index contributed by atoms with van der Waals surface area (Å²) in [6, 6.07) is 7.31. The summed E-state index contributed by atoms with van der Waals surface area (Å²) in [7, 11) is 0. The van der Waals surface area contributed by atoms with Gasteiger partial charge in [0.25, 0.3) is 0 Å². The first kappa shape index (κ1) is 9.56. The molecule has 71 valence electrons. The van der Waals surface area contributed by atoms with Crippen LogP contribution in [0.3, 0.4) is 0 Å². The van der Waals surface area contributed by atoms with E-state index < -0.39 is 0 Å². The van der Waals surface area contributed by atoms with Crippen LogP contribution >= 0.6 is 23.2 Å². The van der Waals surface area contributed by atoms with E-state index in [1.165, 1.54) is 0 Å². The van der Waals surface area contributed by atoms with Gasteiger partial charge in [0.05, 0.1) is 16.6 Å². The van der Waals surface area contributed by atoms with Crippen molar-refractivity contribution in [3.8, 4) is 0 Å². The Kier molecular flexibility index (Phi) is 2.75. The standard InChI is InChI=1S/C10H7Cl2N2/c11-9-3-2-8(6-10(9)12)7-14-5-1-4-13-14/h1-3,5-6H,7H2. The summed E-state index contributed by atoms with van der Waals surface area (Å²) in [5.74, 6) is 0. The molecule has 0 spiro atoms. The molecule has 0 bridgehead atoms. The second-order valence-electron chi connectivity index (χ2n) is 2.89. The maximum absolute atomic E-state index is 5.88. The van der Waals surface area contributed by atoms with E-state index in [9.17, 15) is 0 Å². The van der Waals surface area contributed by atoms with Crippen molar-refractivity contribution in [1.82, 2.24) is 9.78 Å². The monoisotopic (exact) mass is 225 g/mol. The van der Waals surface area contributed by atoms with Crippen LogP contribution in [0.4, 0.5) is 0 Å². The van der Waals surface area contributed by atoms with Crippen LogP contribution in [0.15, 0.2) is 30.5 Å². The fraction of sp³-hybridized carbons (Fsp3) is 0.100. The summed E-state index contributed by atoms with van der Waals surface area (Å²) in [5.41, 5.74) is 1.07. The van der Waals surface area contributed by atoms with Crippen molar-refractivity contribution in [1.29, 1.82) is 0 Å². The molecule has 14 heavy (non-hydrogen) atoms. The van der Waals surface area contributed by atoms with E-state index in [0.29, 0.717) is 16.6 Å². The SMILES string of the molecule is Clc1ccc(Cn2cc[c]n2)cc1Cl. The van der Waals surface area contributed by atoms with Gasteiger partial charge in [0.1, 0.15) is 6.20 Å². The number of rotatable bonds is 2. The summed E-state index contributed by atoms with van der Waals surface area (Å²) in [6.45, 7) is 0.681. The summed E-state index contributed by atoms with van der Waals surface area (Å²) >= 11 is 11.7. The predicted molar refractivity (Wildman–Crippen MR) is 56.6 cm³/mol. The lowest BCUT2D eigenvalue weighted by atomic mass is 10.2. The minimum Gasteiger partial charge on any atom is -0.268 e. The Morgan fingerprint density at radius 2 is 2.14 bits per heavy atom. The number of aromatic nitrogens is 2. The van der Waals surface area contributed by atoms with Gasteiger partial charge in [0, 0.05) is 6.20 Å². The van der Waals surface area contributed by atoms with E-state index in [2.05, 4.69) is 11.3 Å². The molecule has 2 aromatic rings. The van der Waals surface area contributed by atoms with E-state index in [1.807, 2.05) is 18.3 Å². The molecule has 0 fully saturated rings. The van der Waals surface area contributed by atoms with E-state index in [4.69, 9.17) is 23.2 Å². The van der Waals surface area contributed by atoms with Crippen LogP contribution in [0.2, 0.25) is 10.0 Å². The van der Waals surface area contributed by atoms with Crippen molar-refractivity contribution in [2.75, 3.05) is 0 Å². The average Bonchev–Trinajstić information content (AvgIpc) is 2.64. The van der Waals surface area contributed by atoms with E-state index >= 15 is 0 Å². The van der Waals surface area contributed by atoms with Crippen LogP contribution in [0.5, 0.6) is 0 Å². The smallest absolute Gasteiger partial charge is 0.113 e. The molecular weight excluding hydrogens is 219 g/mol. The highest BCUT2D eigenvalue weighted by Crippen LogP contribution is 2.22. The van der Waals surface area contributed by atoms with Gasteiger partial charge in [-0.25, -0.2) is 0 Å². The van der Waals surface area contributed by atoms with Crippen LogP contribution in [-0.4, -0.2) is 9.78 Å². The van der Waals surface area contributed by atoms with Crippen molar-refractivity contribution >= 4 is 23.2 Å². The molecule has 0 amide bonds. The molecule has 1 heterocycles. The highest BCUT2D eigenvalue weighted by molar-refractivity contribution is 6.42. The lowest BCUT2D eigenvalue weighted by Gasteiger charge is -2.03. The molecule has 0 unspecified atom stereocenters. The molecule has 2 rings (SSSR count). The fourth-order valence-corrected chi connectivity index (χ4v) is 1.49. The van der Waals surface area contributed by atoms with Crippen molar-refractivity contribution < 1.29 is 0 Å². The summed E-state index contributed by atoms with van der Waals surface area (Å²) in [6.07, 6.45) is 4.58. The maximum atomic E-state index is 5.88. The third-order valence-corrected chi connectivity index (χ3v) is 2.57. The van der Waals surface area contributed by atoms with Gasteiger partial charge in [-0.3, -0.25) is 4.68 Å². The summed E-state index contributed by atoms with van der Waals surface area (Å²) in [4.78, 5) is 0. The summed E-state index contributed by atoms with van der Waals surface area (Å²) in [5, 5.41) is 5.12. The topological polar surface area (TPSA) is 17.8 Å². The highest BCUT2D eigenvalue weighted by atomic mass is 35.5. The molecule has 1 radical (unpaired) electrons. The van der Waals surface area contributed by atoms with Gasteiger partial charge in [0.2, 0.25) is 0 Å². The zero-order valence-corrected chi connectivity index (χ0v) is 8.76. The zero-order valence-electron chi connectivity index (χ0n) is 7.24. The fourth-order valence-electron chi connectivity index (χ4n) is 1.17.